The second kappa shape index (κ2) is 8.38. The molecule has 0 aliphatic carbocycles. The molecule has 0 saturated carbocycles. The first-order valence-corrected chi connectivity index (χ1v) is 9.29. The summed E-state index contributed by atoms with van der Waals surface area (Å²) in [5.74, 6) is 0.155. The molecule has 0 saturated heterocycles. The smallest absolute Gasteiger partial charge is 0.260 e. The molecule has 7 heteroatoms. The quantitative estimate of drug-likeness (QED) is 0.809. The van der Waals surface area contributed by atoms with Gasteiger partial charge < -0.3 is 10.1 Å². The van der Waals surface area contributed by atoms with Gasteiger partial charge in [0.2, 0.25) is 5.91 Å². The van der Waals surface area contributed by atoms with Crippen LogP contribution in [0.15, 0.2) is 53.5 Å². The van der Waals surface area contributed by atoms with Crippen molar-refractivity contribution in [3.63, 3.8) is 0 Å². The van der Waals surface area contributed by atoms with Crippen LogP contribution in [0.5, 0.6) is 5.75 Å². The van der Waals surface area contributed by atoms with Crippen molar-refractivity contribution < 1.29 is 14.3 Å². The average Bonchev–Trinajstić information content (AvgIpc) is 2.97. The Morgan fingerprint density at radius 1 is 1.23 bits per heavy atom. The number of rotatable bonds is 6. The predicted octanol–water partition coefficient (Wildman–Crippen LogP) is 4.10. The molecule has 2 amide bonds. The van der Waals surface area contributed by atoms with Crippen LogP contribution in [0, 0.1) is 6.92 Å². The molecule has 1 atom stereocenters. The zero-order valence-electron chi connectivity index (χ0n) is 14.1. The number of benzene rings is 2. The molecule has 1 aliphatic heterocycles. The van der Waals surface area contributed by atoms with Gasteiger partial charge in [-0.1, -0.05) is 47.6 Å². The van der Waals surface area contributed by atoms with Crippen molar-refractivity contribution in [2.45, 2.75) is 18.6 Å². The molecule has 3 rings (SSSR count). The molecular weight excluding hydrogens is 372 g/mol. The minimum atomic E-state index is -0.524. The van der Waals surface area contributed by atoms with Crippen LogP contribution in [0.25, 0.3) is 0 Å². The Morgan fingerprint density at radius 2 is 2.00 bits per heavy atom. The topological polar surface area (TPSA) is 67.8 Å². The van der Waals surface area contributed by atoms with Gasteiger partial charge in [-0.05, 0) is 36.8 Å². The van der Waals surface area contributed by atoms with Gasteiger partial charge in [0.1, 0.15) is 22.7 Å². The highest BCUT2D eigenvalue weighted by Gasteiger charge is 2.30. The molecule has 0 fully saturated rings. The van der Waals surface area contributed by atoms with E-state index in [1.54, 1.807) is 18.2 Å². The highest BCUT2D eigenvalue weighted by Crippen LogP contribution is 2.27. The number of anilines is 1. The van der Waals surface area contributed by atoms with Crippen LogP contribution in [-0.2, 0) is 9.59 Å². The zero-order chi connectivity index (χ0) is 18.5. The number of aliphatic imine (C=N–C) groups is 1. The summed E-state index contributed by atoms with van der Waals surface area (Å²) in [5.41, 5.74) is 1.44. The summed E-state index contributed by atoms with van der Waals surface area (Å²) in [6, 6.07) is 14.6. The van der Waals surface area contributed by atoms with E-state index in [0.29, 0.717) is 21.5 Å². The van der Waals surface area contributed by atoms with Gasteiger partial charge in [0.15, 0.2) is 0 Å². The SMILES string of the molecule is Cc1c(Cl)cccc1NC(=O)C[C@H]1SC(COc2ccccc2)=NC1=O. The van der Waals surface area contributed by atoms with E-state index in [-0.39, 0.29) is 24.8 Å². The maximum Gasteiger partial charge on any atom is 0.260 e. The van der Waals surface area contributed by atoms with E-state index in [9.17, 15) is 9.59 Å². The Bertz CT molecular complexity index is 855. The first-order valence-electron chi connectivity index (χ1n) is 8.04. The lowest BCUT2D eigenvalue weighted by Crippen LogP contribution is -2.22. The molecule has 2 aromatic rings. The van der Waals surface area contributed by atoms with E-state index in [4.69, 9.17) is 16.3 Å². The van der Waals surface area contributed by atoms with Crippen LogP contribution in [0.4, 0.5) is 5.69 Å². The Balaban J connectivity index is 1.52. The average molecular weight is 389 g/mol. The number of carbonyl (C=O) groups excluding carboxylic acids is 2. The number of halogens is 1. The van der Waals surface area contributed by atoms with Gasteiger partial charge in [0.05, 0.1) is 0 Å². The molecule has 1 heterocycles. The largest absolute Gasteiger partial charge is 0.487 e. The number of carbonyl (C=O) groups is 2. The number of hydrogen-bond acceptors (Lipinski definition) is 4. The number of nitrogens with one attached hydrogen (secondary N) is 1. The van der Waals surface area contributed by atoms with Gasteiger partial charge in [0.25, 0.3) is 5.91 Å². The lowest BCUT2D eigenvalue weighted by molar-refractivity contribution is -0.121. The molecule has 26 heavy (non-hydrogen) atoms. The highest BCUT2D eigenvalue weighted by atomic mass is 35.5. The molecule has 5 nitrogen and oxygen atoms in total. The van der Waals surface area contributed by atoms with Gasteiger partial charge in [-0.3, -0.25) is 9.59 Å². The van der Waals surface area contributed by atoms with Gasteiger partial charge in [-0.25, -0.2) is 4.99 Å². The summed E-state index contributed by atoms with van der Waals surface area (Å²) in [6.45, 7) is 2.04. The Labute approximate surface area is 160 Å². The molecule has 0 unspecified atom stereocenters. The number of thioether (sulfide) groups is 1. The molecule has 0 aromatic heterocycles. The van der Waals surface area contributed by atoms with Crippen molar-refractivity contribution in [3.8, 4) is 5.75 Å². The number of para-hydroxylation sites is 1. The van der Waals surface area contributed by atoms with E-state index in [1.807, 2.05) is 37.3 Å². The summed E-state index contributed by atoms with van der Waals surface area (Å²) >= 11 is 7.33. The Kier molecular flexibility index (Phi) is 5.96. The number of amides is 2. The third-order valence-electron chi connectivity index (χ3n) is 3.81. The fourth-order valence-electron chi connectivity index (χ4n) is 2.41. The maximum atomic E-state index is 12.3. The molecule has 134 valence electrons. The molecule has 2 aromatic carbocycles. The number of ether oxygens (including phenoxy) is 1. The first kappa shape index (κ1) is 18.5. The third kappa shape index (κ3) is 4.65. The van der Waals surface area contributed by atoms with Crippen LogP contribution in [0.3, 0.4) is 0 Å². The number of nitrogens with zero attached hydrogens (tertiary/aromatic N) is 1. The van der Waals surface area contributed by atoms with Crippen molar-refractivity contribution in [2.24, 2.45) is 4.99 Å². The molecule has 1 aliphatic rings. The van der Waals surface area contributed by atoms with E-state index in [2.05, 4.69) is 10.3 Å². The van der Waals surface area contributed by atoms with Crippen LogP contribution in [0.2, 0.25) is 5.02 Å². The summed E-state index contributed by atoms with van der Waals surface area (Å²) < 4.78 is 5.60. The Morgan fingerprint density at radius 3 is 2.77 bits per heavy atom. The molecule has 1 N–H and O–H groups in total. The standard InChI is InChI=1S/C19H17ClN2O3S/c1-12-14(20)8-5-9-15(12)21-17(23)10-16-19(24)22-18(26-16)11-25-13-6-3-2-4-7-13/h2-9,16H,10-11H2,1H3,(H,21,23)/t16-/m1/s1. The van der Waals surface area contributed by atoms with Crippen LogP contribution in [-0.4, -0.2) is 28.7 Å². The molecule has 0 radical (unpaired) electrons. The summed E-state index contributed by atoms with van der Waals surface area (Å²) in [5, 5.41) is 3.44. The summed E-state index contributed by atoms with van der Waals surface area (Å²) in [4.78, 5) is 28.3. The fraction of sp³-hybridized carbons (Fsp3) is 0.211. The molecular formula is C19H17ClN2O3S. The van der Waals surface area contributed by atoms with Crippen molar-refractivity contribution >= 4 is 45.9 Å². The fourth-order valence-corrected chi connectivity index (χ4v) is 3.57. The van der Waals surface area contributed by atoms with Crippen LogP contribution < -0.4 is 10.1 Å². The maximum absolute atomic E-state index is 12.3. The molecule has 0 bridgehead atoms. The lowest BCUT2D eigenvalue weighted by atomic mass is 10.2. The van der Waals surface area contributed by atoms with Crippen LogP contribution >= 0.6 is 23.4 Å². The Hall–Kier alpha value is -2.31. The zero-order valence-corrected chi connectivity index (χ0v) is 15.6. The van der Waals surface area contributed by atoms with E-state index >= 15 is 0 Å². The lowest BCUT2D eigenvalue weighted by Gasteiger charge is -2.11. The normalized spacial score (nSPS) is 16.3. The van der Waals surface area contributed by atoms with E-state index < -0.39 is 5.25 Å². The van der Waals surface area contributed by atoms with Crippen molar-refractivity contribution in [1.82, 2.24) is 0 Å². The highest BCUT2D eigenvalue weighted by molar-refractivity contribution is 8.15. The predicted molar refractivity (Wildman–Crippen MR) is 105 cm³/mol. The minimum absolute atomic E-state index is 0.0494. The minimum Gasteiger partial charge on any atom is -0.487 e. The molecule has 0 spiro atoms. The summed E-state index contributed by atoms with van der Waals surface area (Å²) in [6.07, 6.45) is 0.0494. The first-order chi connectivity index (χ1) is 12.5. The van der Waals surface area contributed by atoms with Crippen LogP contribution in [0.1, 0.15) is 12.0 Å². The second-order valence-electron chi connectivity index (χ2n) is 5.72. The van der Waals surface area contributed by atoms with Crippen molar-refractivity contribution in [1.29, 1.82) is 0 Å². The monoisotopic (exact) mass is 388 g/mol. The van der Waals surface area contributed by atoms with Gasteiger partial charge in [-0.2, -0.15) is 0 Å². The third-order valence-corrected chi connectivity index (χ3v) is 5.35. The van der Waals surface area contributed by atoms with Gasteiger partial charge in [0, 0.05) is 17.1 Å². The van der Waals surface area contributed by atoms with E-state index in [1.165, 1.54) is 11.8 Å². The van der Waals surface area contributed by atoms with Crippen molar-refractivity contribution in [3.05, 3.63) is 59.1 Å². The number of hydrogen-bond donors (Lipinski definition) is 1. The van der Waals surface area contributed by atoms with Gasteiger partial charge in [-0.15, -0.1) is 0 Å². The van der Waals surface area contributed by atoms with Crippen molar-refractivity contribution in [2.75, 3.05) is 11.9 Å². The van der Waals surface area contributed by atoms with E-state index in [0.717, 1.165) is 5.56 Å². The van der Waals surface area contributed by atoms with Gasteiger partial charge >= 0.3 is 0 Å². The summed E-state index contributed by atoms with van der Waals surface area (Å²) in [7, 11) is 0. The second-order valence-corrected chi connectivity index (χ2v) is 7.40.